The van der Waals surface area contributed by atoms with Crippen LogP contribution in [-0.2, 0) is 0 Å². The molecule has 0 saturated carbocycles. The van der Waals surface area contributed by atoms with Gasteiger partial charge in [0.05, 0.1) is 26.0 Å². The molecule has 0 unspecified atom stereocenters. The molecule has 0 aliphatic rings. The first-order chi connectivity index (χ1) is 10.1. The van der Waals surface area contributed by atoms with Gasteiger partial charge in [-0.3, -0.25) is 9.78 Å². The van der Waals surface area contributed by atoms with Crippen LogP contribution in [0.4, 0.5) is 0 Å². The molecule has 1 aromatic heterocycles. The first-order valence-corrected chi connectivity index (χ1v) is 6.59. The van der Waals surface area contributed by atoms with E-state index in [2.05, 4.69) is 10.3 Å². The zero-order valence-electron chi connectivity index (χ0n) is 12.3. The van der Waals surface area contributed by atoms with Gasteiger partial charge in [0.15, 0.2) is 0 Å². The number of carbonyl (C=O) groups is 1. The molecule has 110 valence electrons. The van der Waals surface area contributed by atoms with E-state index in [4.69, 9.17) is 9.47 Å². The molecule has 0 bridgehead atoms. The molecule has 1 heterocycles. The van der Waals surface area contributed by atoms with E-state index in [9.17, 15) is 4.79 Å². The average Bonchev–Trinajstić information content (AvgIpc) is 2.54. The van der Waals surface area contributed by atoms with Gasteiger partial charge in [0, 0.05) is 17.8 Å². The van der Waals surface area contributed by atoms with Crippen molar-refractivity contribution in [2.45, 2.75) is 13.0 Å². The smallest absolute Gasteiger partial charge is 0.252 e. The monoisotopic (exact) mass is 286 g/mol. The van der Waals surface area contributed by atoms with Crippen molar-refractivity contribution in [1.29, 1.82) is 0 Å². The Morgan fingerprint density at radius 2 is 1.81 bits per heavy atom. The summed E-state index contributed by atoms with van der Waals surface area (Å²) >= 11 is 0. The Balaban J connectivity index is 2.16. The van der Waals surface area contributed by atoms with Crippen LogP contribution in [0, 0.1) is 0 Å². The molecule has 5 heteroatoms. The highest BCUT2D eigenvalue weighted by Gasteiger charge is 2.14. The van der Waals surface area contributed by atoms with Gasteiger partial charge in [-0.05, 0) is 31.2 Å². The Kier molecular flexibility index (Phi) is 4.77. The summed E-state index contributed by atoms with van der Waals surface area (Å²) in [7, 11) is 3.10. The number of ether oxygens (including phenoxy) is 2. The lowest BCUT2D eigenvalue weighted by Crippen LogP contribution is -2.27. The SMILES string of the molecule is COc1cc(OC)cc(C(=O)N[C@H](C)c2ccccn2)c1. The average molecular weight is 286 g/mol. The molecule has 0 aliphatic heterocycles. The predicted molar refractivity (Wildman–Crippen MR) is 79.7 cm³/mol. The van der Waals surface area contributed by atoms with E-state index >= 15 is 0 Å². The number of nitrogens with one attached hydrogen (secondary N) is 1. The summed E-state index contributed by atoms with van der Waals surface area (Å²) in [6, 6.07) is 10.5. The number of amides is 1. The van der Waals surface area contributed by atoms with Crippen LogP contribution in [0.2, 0.25) is 0 Å². The van der Waals surface area contributed by atoms with Crippen LogP contribution in [0.5, 0.6) is 11.5 Å². The van der Waals surface area contributed by atoms with Crippen molar-refractivity contribution in [3.8, 4) is 11.5 Å². The van der Waals surface area contributed by atoms with Gasteiger partial charge in [0.2, 0.25) is 0 Å². The van der Waals surface area contributed by atoms with Crippen LogP contribution in [0.1, 0.15) is 29.0 Å². The molecule has 1 N–H and O–H groups in total. The molecule has 21 heavy (non-hydrogen) atoms. The Bertz CT molecular complexity index is 592. The zero-order chi connectivity index (χ0) is 15.2. The second-order valence-electron chi connectivity index (χ2n) is 4.55. The summed E-state index contributed by atoms with van der Waals surface area (Å²) in [6.07, 6.45) is 1.70. The van der Waals surface area contributed by atoms with Crippen LogP contribution in [-0.4, -0.2) is 25.1 Å². The number of rotatable bonds is 5. The van der Waals surface area contributed by atoms with Crippen molar-refractivity contribution in [3.63, 3.8) is 0 Å². The number of pyridine rings is 1. The Morgan fingerprint density at radius 1 is 1.14 bits per heavy atom. The Morgan fingerprint density at radius 3 is 2.33 bits per heavy atom. The molecule has 1 atom stereocenters. The largest absolute Gasteiger partial charge is 0.497 e. The summed E-state index contributed by atoms with van der Waals surface area (Å²) < 4.78 is 10.3. The van der Waals surface area contributed by atoms with Crippen LogP contribution < -0.4 is 14.8 Å². The zero-order valence-corrected chi connectivity index (χ0v) is 12.3. The van der Waals surface area contributed by atoms with E-state index in [1.54, 1.807) is 38.6 Å². The molecule has 0 fully saturated rings. The number of methoxy groups -OCH3 is 2. The van der Waals surface area contributed by atoms with Gasteiger partial charge in [-0.1, -0.05) is 6.07 Å². The molecule has 0 radical (unpaired) electrons. The van der Waals surface area contributed by atoms with Crippen molar-refractivity contribution in [1.82, 2.24) is 10.3 Å². The predicted octanol–water partition coefficient (Wildman–Crippen LogP) is 2.59. The first-order valence-electron chi connectivity index (χ1n) is 6.59. The third-order valence-corrected chi connectivity index (χ3v) is 3.09. The minimum Gasteiger partial charge on any atom is -0.497 e. The molecular formula is C16H18N2O3. The molecule has 2 aromatic rings. The van der Waals surface area contributed by atoms with Gasteiger partial charge in [-0.2, -0.15) is 0 Å². The quantitative estimate of drug-likeness (QED) is 0.917. The summed E-state index contributed by atoms with van der Waals surface area (Å²) in [5, 5.41) is 2.90. The van der Waals surface area contributed by atoms with Crippen molar-refractivity contribution >= 4 is 5.91 Å². The standard InChI is InChI=1S/C16H18N2O3/c1-11(15-6-4-5-7-17-15)18-16(19)12-8-13(20-2)10-14(9-12)21-3/h4-11H,1-3H3,(H,18,19)/t11-/m1/s1. The van der Waals surface area contributed by atoms with E-state index in [1.165, 1.54) is 0 Å². The number of aromatic nitrogens is 1. The van der Waals surface area contributed by atoms with Crippen LogP contribution in [0.15, 0.2) is 42.6 Å². The highest BCUT2D eigenvalue weighted by atomic mass is 16.5. The van der Waals surface area contributed by atoms with E-state index in [0.29, 0.717) is 17.1 Å². The maximum absolute atomic E-state index is 12.3. The molecule has 0 saturated heterocycles. The number of carbonyl (C=O) groups excluding carboxylic acids is 1. The molecule has 1 aromatic carbocycles. The lowest BCUT2D eigenvalue weighted by atomic mass is 10.1. The van der Waals surface area contributed by atoms with Crippen LogP contribution in [0.3, 0.4) is 0 Å². The van der Waals surface area contributed by atoms with Crippen LogP contribution in [0.25, 0.3) is 0 Å². The molecule has 2 rings (SSSR count). The highest BCUT2D eigenvalue weighted by Crippen LogP contribution is 2.23. The van der Waals surface area contributed by atoms with Crippen molar-refractivity contribution < 1.29 is 14.3 Å². The molecular weight excluding hydrogens is 268 g/mol. The van der Waals surface area contributed by atoms with E-state index in [0.717, 1.165) is 5.69 Å². The maximum atomic E-state index is 12.3. The molecule has 0 aliphatic carbocycles. The van der Waals surface area contributed by atoms with E-state index < -0.39 is 0 Å². The number of benzene rings is 1. The fourth-order valence-corrected chi connectivity index (χ4v) is 1.92. The Hall–Kier alpha value is -2.56. The van der Waals surface area contributed by atoms with Gasteiger partial charge >= 0.3 is 0 Å². The molecule has 0 spiro atoms. The summed E-state index contributed by atoms with van der Waals surface area (Å²) in [4.78, 5) is 16.5. The second kappa shape index (κ2) is 6.74. The van der Waals surface area contributed by atoms with Gasteiger partial charge < -0.3 is 14.8 Å². The number of hydrogen-bond acceptors (Lipinski definition) is 4. The minimum atomic E-state index is -0.203. The van der Waals surface area contributed by atoms with Crippen molar-refractivity contribution in [3.05, 3.63) is 53.9 Å². The molecule has 5 nitrogen and oxygen atoms in total. The number of hydrogen-bond donors (Lipinski definition) is 1. The normalized spacial score (nSPS) is 11.6. The summed E-state index contributed by atoms with van der Waals surface area (Å²) in [5.74, 6) is 0.945. The lowest BCUT2D eigenvalue weighted by Gasteiger charge is -2.14. The Labute approximate surface area is 123 Å². The van der Waals surface area contributed by atoms with Crippen molar-refractivity contribution in [2.75, 3.05) is 14.2 Å². The fraction of sp³-hybridized carbons (Fsp3) is 0.250. The molecule has 1 amide bonds. The highest BCUT2D eigenvalue weighted by molar-refractivity contribution is 5.95. The first kappa shape index (κ1) is 14.8. The third-order valence-electron chi connectivity index (χ3n) is 3.09. The third kappa shape index (κ3) is 3.72. The lowest BCUT2D eigenvalue weighted by molar-refractivity contribution is 0.0938. The van der Waals surface area contributed by atoms with Crippen molar-refractivity contribution in [2.24, 2.45) is 0 Å². The van der Waals surface area contributed by atoms with Gasteiger partial charge in [0.25, 0.3) is 5.91 Å². The van der Waals surface area contributed by atoms with Gasteiger partial charge in [-0.15, -0.1) is 0 Å². The topological polar surface area (TPSA) is 60.5 Å². The van der Waals surface area contributed by atoms with E-state index in [1.807, 2.05) is 25.1 Å². The maximum Gasteiger partial charge on any atom is 0.252 e. The van der Waals surface area contributed by atoms with Gasteiger partial charge in [0.1, 0.15) is 11.5 Å². The summed E-state index contributed by atoms with van der Waals surface area (Å²) in [5.41, 5.74) is 1.29. The van der Waals surface area contributed by atoms with Crippen LogP contribution >= 0.6 is 0 Å². The minimum absolute atomic E-state index is 0.184. The fourth-order valence-electron chi connectivity index (χ4n) is 1.92. The second-order valence-corrected chi connectivity index (χ2v) is 4.55. The van der Waals surface area contributed by atoms with E-state index in [-0.39, 0.29) is 11.9 Å². The summed E-state index contributed by atoms with van der Waals surface area (Å²) in [6.45, 7) is 1.89. The number of nitrogens with zero attached hydrogens (tertiary/aromatic N) is 1. The van der Waals surface area contributed by atoms with Gasteiger partial charge in [-0.25, -0.2) is 0 Å².